The molecular formula is C8H9ClN4. The van der Waals surface area contributed by atoms with E-state index in [0.717, 1.165) is 5.02 Å². The molecule has 68 valence electrons. The molecule has 0 heterocycles. The third kappa shape index (κ3) is 8.17. The van der Waals surface area contributed by atoms with Crippen molar-refractivity contribution in [3.05, 3.63) is 35.4 Å². The summed E-state index contributed by atoms with van der Waals surface area (Å²) in [6, 6.07) is 9.44. The minimum atomic E-state index is -0.197. The van der Waals surface area contributed by atoms with Gasteiger partial charge in [0.25, 0.3) is 0 Å². The number of rotatable bonds is 0. The van der Waals surface area contributed by atoms with Crippen LogP contribution < -0.4 is 11.5 Å². The van der Waals surface area contributed by atoms with Gasteiger partial charge < -0.3 is 11.5 Å². The first-order chi connectivity index (χ1) is 6.16. The molecule has 0 unspecified atom stereocenters. The smallest absolute Gasteiger partial charge is 0.209 e. The normalized spacial score (nSPS) is 7.38. The summed E-state index contributed by atoms with van der Waals surface area (Å²) in [5, 5.41) is 8.43. The van der Waals surface area contributed by atoms with Gasteiger partial charge in [-0.2, -0.15) is 5.26 Å². The molecule has 0 saturated heterocycles. The highest BCUT2D eigenvalue weighted by atomic mass is 35.5. The van der Waals surface area contributed by atoms with E-state index >= 15 is 0 Å². The highest BCUT2D eigenvalue weighted by Crippen LogP contribution is 2.03. The molecule has 5 heteroatoms. The third-order valence-electron chi connectivity index (χ3n) is 0.912. The number of hydrogen-bond donors (Lipinski definition) is 2. The number of hydrogen-bond acceptors (Lipinski definition) is 2. The number of halogens is 1. The van der Waals surface area contributed by atoms with Crippen LogP contribution in [0, 0.1) is 11.5 Å². The molecule has 0 amide bonds. The largest absolute Gasteiger partial charge is 0.369 e. The van der Waals surface area contributed by atoms with Crippen LogP contribution in [0.5, 0.6) is 0 Å². The molecule has 13 heavy (non-hydrogen) atoms. The molecule has 0 spiro atoms. The van der Waals surface area contributed by atoms with Crippen LogP contribution in [0.1, 0.15) is 0 Å². The summed E-state index contributed by atoms with van der Waals surface area (Å²) >= 11 is 5.54. The van der Waals surface area contributed by atoms with Crippen LogP contribution >= 0.6 is 11.6 Å². The van der Waals surface area contributed by atoms with Crippen molar-refractivity contribution in [1.29, 1.82) is 5.26 Å². The minimum Gasteiger partial charge on any atom is -0.369 e. The monoisotopic (exact) mass is 196 g/mol. The average Bonchev–Trinajstić information content (AvgIpc) is 2.06. The summed E-state index contributed by atoms with van der Waals surface area (Å²) in [5.41, 5.74) is 9.42. The van der Waals surface area contributed by atoms with Gasteiger partial charge in [-0.25, -0.2) is 0 Å². The second-order valence-electron chi connectivity index (χ2n) is 1.93. The van der Waals surface area contributed by atoms with Crippen molar-refractivity contribution in [3.63, 3.8) is 0 Å². The van der Waals surface area contributed by atoms with Gasteiger partial charge in [-0.15, -0.1) is 4.99 Å². The molecule has 4 nitrogen and oxygen atoms in total. The molecule has 1 rings (SSSR count). The summed E-state index contributed by atoms with van der Waals surface area (Å²) < 4.78 is 0. The predicted octanol–water partition coefficient (Wildman–Crippen LogP) is 1.08. The number of nitrogens with two attached hydrogens (primary N) is 2. The summed E-state index contributed by atoms with van der Waals surface area (Å²) in [6.45, 7) is 0. The second kappa shape index (κ2) is 6.95. The van der Waals surface area contributed by atoms with Crippen molar-refractivity contribution in [2.24, 2.45) is 16.5 Å². The molecule has 0 radical (unpaired) electrons. The van der Waals surface area contributed by atoms with Gasteiger partial charge >= 0.3 is 0 Å². The molecule has 0 aliphatic rings. The SMILES string of the molecule is Clc1ccccc1.N#CN=C(N)N. The lowest BCUT2D eigenvalue weighted by atomic mass is 10.4. The highest BCUT2D eigenvalue weighted by molar-refractivity contribution is 6.30. The molecule has 1 aromatic rings. The zero-order chi connectivity index (χ0) is 10.1. The van der Waals surface area contributed by atoms with Crippen molar-refractivity contribution in [1.82, 2.24) is 0 Å². The molecule has 0 saturated carbocycles. The first-order valence-corrected chi connectivity index (χ1v) is 3.73. The van der Waals surface area contributed by atoms with Crippen molar-refractivity contribution in [2.75, 3.05) is 0 Å². The molecule has 0 fully saturated rings. The summed E-state index contributed by atoms with van der Waals surface area (Å²) in [7, 11) is 0. The quantitative estimate of drug-likeness (QED) is 0.370. The number of nitriles is 1. The van der Waals surface area contributed by atoms with E-state index in [1.165, 1.54) is 6.19 Å². The Morgan fingerprint density at radius 1 is 1.31 bits per heavy atom. The molecule has 0 aliphatic heterocycles. The average molecular weight is 197 g/mol. The van der Waals surface area contributed by atoms with E-state index < -0.39 is 0 Å². The molecule has 0 aromatic heterocycles. The molecule has 0 aliphatic carbocycles. The fourth-order valence-electron chi connectivity index (χ4n) is 0.472. The summed E-state index contributed by atoms with van der Waals surface area (Å²) in [4.78, 5) is 2.90. The first kappa shape index (κ1) is 11.3. The maximum atomic E-state index is 7.64. The topological polar surface area (TPSA) is 88.2 Å². The van der Waals surface area contributed by atoms with Gasteiger partial charge in [0, 0.05) is 5.02 Å². The van der Waals surface area contributed by atoms with Crippen molar-refractivity contribution in [2.45, 2.75) is 0 Å². The Labute approximate surface area is 81.4 Å². The molecule has 1 aromatic carbocycles. The van der Waals surface area contributed by atoms with Gasteiger partial charge in [-0.05, 0) is 12.1 Å². The van der Waals surface area contributed by atoms with E-state index in [1.54, 1.807) is 0 Å². The lowest BCUT2D eigenvalue weighted by Crippen LogP contribution is -2.21. The lowest BCUT2D eigenvalue weighted by Gasteiger charge is -1.80. The summed E-state index contributed by atoms with van der Waals surface area (Å²) in [5.74, 6) is -0.197. The number of aliphatic imine (C=N–C) groups is 1. The van der Waals surface area contributed by atoms with E-state index in [-0.39, 0.29) is 5.96 Å². The van der Waals surface area contributed by atoms with Crippen LogP contribution in [0.4, 0.5) is 0 Å². The van der Waals surface area contributed by atoms with E-state index in [9.17, 15) is 0 Å². The van der Waals surface area contributed by atoms with Gasteiger partial charge in [0.1, 0.15) is 0 Å². The first-order valence-electron chi connectivity index (χ1n) is 3.35. The van der Waals surface area contributed by atoms with E-state index in [2.05, 4.69) is 4.99 Å². The standard InChI is InChI=1S/C6H5Cl.C2H4N4/c7-6-4-2-1-3-5-6;3-1-6-2(4)5/h1-5H;(H4,4,5,6). The van der Waals surface area contributed by atoms with Gasteiger partial charge in [0.2, 0.25) is 12.2 Å². The van der Waals surface area contributed by atoms with Gasteiger partial charge in [0.05, 0.1) is 0 Å². The fourth-order valence-corrected chi connectivity index (χ4v) is 0.618. The number of guanidine groups is 1. The van der Waals surface area contributed by atoms with Gasteiger partial charge in [0.15, 0.2) is 0 Å². The predicted molar refractivity (Wildman–Crippen MR) is 52.9 cm³/mol. The number of benzene rings is 1. The Hall–Kier alpha value is -1.73. The van der Waals surface area contributed by atoms with E-state index in [0.29, 0.717) is 0 Å². The lowest BCUT2D eigenvalue weighted by molar-refractivity contribution is 1.39. The van der Waals surface area contributed by atoms with E-state index in [4.69, 9.17) is 28.3 Å². The maximum Gasteiger partial charge on any atom is 0.209 e. The van der Waals surface area contributed by atoms with Crippen molar-refractivity contribution < 1.29 is 0 Å². The summed E-state index contributed by atoms with van der Waals surface area (Å²) in [6.07, 6.45) is 1.41. The molecule has 0 bridgehead atoms. The Morgan fingerprint density at radius 3 is 2.00 bits per heavy atom. The van der Waals surface area contributed by atoms with Crippen molar-refractivity contribution in [3.8, 4) is 6.19 Å². The fraction of sp³-hybridized carbons (Fsp3) is 0. The van der Waals surface area contributed by atoms with Crippen LogP contribution in [-0.4, -0.2) is 5.96 Å². The van der Waals surface area contributed by atoms with Crippen LogP contribution in [0.3, 0.4) is 0 Å². The Kier molecular flexibility index (Phi) is 6.02. The molecular weight excluding hydrogens is 188 g/mol. The molecule has 4 N–H and O–H groups in total. The Balaban J connectivity index is 0.000000226. The number of nitrogens with zero attached hydrogens (tertiary/aromatic N) is 2. The van der Waals surface area contributed by atoms with Crippen molar-refractivity contribution >= 4 is 17.6 Å². The Morgan fingerprint density at radius 2 is 1.85 bits per heavy atom. The van der Waals surface area contributed by atoms with Crippen LogP contribution in [0.2, 0.25) is 5.02 Å². The zero-order valence-corrected chi connectivity index (χ0v) is 7.57. The zero-order valence-electron chi connectivity index (χ0n) is 6.81. The third-order valence-corrected chi connectivity index (χ3v) is 1.16. The Bertz CT molecular complexity index is 298. The second-order valence-corrected chi connectivity index (χ2v) is 2.37. The van der Waals surface area contributed by atoms with Crippen LogP contribution in [-0.2, 0) is 0 Å². The van der Waals surface area contributed by atoms with Gasteiger partial charge in [-0.3, -0.25) is 0 Å². The maximum absolute atomic E-state index is 7.64. The molecule has 0 atom stereocenters. The van der Waals surface area contributed by atoms with Crippen LogP contribution in [0.15, 0.2) is 35.3 Å². The van der Waals surface area contributed by atoms with Gasteiger partial charge in [-0.1, -0.05) is 29.8 Å². The van der Waals surface area contributed by atoms with Crippen LogP contribution in [0.25, 0.3) is 0 Å². The van der Waals surface area contributed by atoms with E-state index in [1.807, 2.05) is 30.3 Å². The minimum absolute atomic E-state index is 0.197. The highest BCUT2D eigenvalue weighted by Gasteiger charge is 1.74.